The monoisotopic (exact) mass is 390 g/mol. The van der Waals surface area contributed by atoms with Crippen molar-refractivity contribution in [2.75, 3.05) is 26.2 Å². The van der Waals surface area contributed by atoms with Crippen LogP contribution in [0.1, 0.15) is 31.4 Å². The highest BCUT2D eigenvalue weighted by Gasteiger charge is 2.24. The summed E-state index contributed by atoms with van der Waals surface area (Å²) in [6, 6.07) is 20.6. The first-order valence-electron chi connectivity index (χ1n) is 9.23. The fourth-order valence-electron chi connectivity index (χ4n) is 4.18. The zero-order chi connectivity index (χ0) is 16.4. The van der Waals surface area contributed by atoms with Gasteiger partial charge in [-0.05, 0) is 39.6 Å². The maximum atomic E-state index is 3.50. The van der Waals surface area contributed by atoms with Crippen molar-refractivity contribution in [3.05, 3.63) is 60.2 Å². The molecule has 1 saturated heterocycles. The molecule has 1 N–H and O–H groups in total. The van der Waals surface area contributed by atoms with Gasteiger partial charge in [0.2, 0.25) is 0 Å². The van der Waals surface area contributed by atoms with E-state index in [1.165, 1.54) is 39.9 Å². The van der Waals surface area contributed by atoms with Crippen LogP contribution >= 0.6 is 24.8 Å². The maximum absolute atomic E-state index is 3.50. The number of piperazine rings is 1. The van der Waals surface area contributed by atoms with E-state index >= 15 is 0 Å². The van der Waals surface area contributed by atoms with E-state index in [0.29, 0.717) is 6.04 Å². The molecule has 4 heteroatoms. The zero-order valence-corrected chi connectivity index (χ0v) is 16.9. The molecule has 2 nitrogen and oxygen atoms in total. The Morgan fingerprint density at radius 2 is 1.42 bits per heavy atom. The van der Waals surface area contributed by atoms with E-state index in [1.54, 1.807) is 0 Å². The van der Waals surface area contributed by atoms with Gasteiger partial charge in [0.25, 0.3) is 0 Å². The smallest absolute Gasteiger partial charge is 0.0361 e. The van der Waals surface area contributed by atoms with E-state index in [2.05, 4.69) is 71.7 Å². The Morgan fingerprint density at radius 3 is 1.96 bits per heavy atom. The van der Waals surface area contributed by atoms with Crippen LogP contribution in [0.15, 0.2) is 54.6 Å². The summed E-state index contributed by atoms with van der Waals surface area (Å²) >= 11 is 0. The van der Waals surface area contributed by atoms with Gasteiger partial charge < -0.3 is 5.32 Å². The SMILES string of the molecule is CCC[C@H](c1c2ccccc2cc2ccccc12)N1CCNCC1.Cl.Cl. The standard InChI is InChI=1S/C22H26N2.2ClH/c1-2-7-21(24-14-12-23-13-15-24)22-19-10-5-3-8-17(19)16-18-9-4-6-11-20(18)22;;/h3-6,8-11,16,21,23H,2,7,12-15H2,1H3;2*1H/t21-;;/m1../s1. The topological polar surface area (TPSA) is 15.3 Å². The van der Waals surface area contributed by atoms with Crippen molar-refractivity contribution in [2.24, 2.45) is 0 Å². The van der Waals surface area contributed by atoms with Crippen molar-refractivity contribution in [1.82, 2.24) is 10.2 Å². The molecule has 3 aromatic rings. The van der Waals surface area contributed by atoms with Crippen molar-refractivity contribution in [2.45, 2.75) is 25.8 Å². The summed E-state index contributed by atoms with van der Waals surface area (Å²) < 4.78 is 0. The lowest BCUT2D eigenvalue weighted by molar-refractivity contribution is 0.166. The molecule has 0 saturated carbocycles. The highest BCUT2D eigenvalue weighted by atomic mass is 35.5. The van der Waals surface area contributed by atoms with Crippen LogP contribution < -0.4 is 5.32 Å². The summed E-state index contributed by atoms with van der Waals surface area (Å²) in [6.45, 7) is 6.79. The summed E-state index contributed by atoms with van der Waals surface area (Å²) in [5.74, 6) is 0. The van der Waals surface area contributed by atoms with E-state index in [1.807, 2.05) is 0 Å². The maximum Gasteiger partial charge on any atom is 0.0361 e. The molecule has 0 aromatic heterocycles. The van der Waals surface area contributed by atoms with Crippen molar-refractivity contribution in [1.29, 1.82) is 0 Å². The summed E-state index contributed by atoms with van der Waals surface area (Å²) in [6.07, 6.45) is 2.43. The van der Waals surface area contributed by atoms with Gasteiger partial charge in [-0.3, -0.25) is 4.90 Å². The minimum absolute atomic E-state index is 0. The van der Waals surface area contributed by atoms with Crippen LogP contribution in [0.25, 0.3) is 21.5 Å². The van der Waals surface area contributed by atoms with Gasteiger partial charge in [-0.15, -0.1) is 24.8 Å². The second-order valence-corrected chi connectivity index (χ2v) is 6.82. The Hall–Kier alpha value is -1.32. The molecule has 0 amide bonds. The molecule has 1 aliphatic heterocycles. The molecule has 26 heavy (non-hydrogen) atoms. The Bertz CT molecular complexity index is 790. The predicted octanol–water partition coefficient (Wildman–Crippen LogP) is 5.58. The van der Waals surface area contributed by atoms with E-state index in [-0.39, 0.29) is 24.8 Å². The average Bonchev–Trinajstić information content (AvgIpc) is 2.65. The summed E-state index contributed by atoms with van der Waals surface area (Å²) in [5.41, 5.74) is 1.53. The van der Waals surface area contributed by atoms with Gasteiger partial charge in [0.1, 0.15) is 0 Å². The van der Waals surface area contributed by atoms with Crippen molar-refractivity contribution >= 4 is 46.4 Å². The number of nitrogens with one attached hydrogen (secondary N) is 1. The number of hydrogen-bond donors (Lipinski definition) is 1. The highest BCUT2D eigenvalue weighted by molar-refractivity contribution is 6.02. The molecule has 1 heterocycles. The quantitative estimate of drug-likeness (QED) is 0.584. The summed E-state index contributed by atoms with van der Waals surface area (Å²) in [7, 11) is 0. The molecule has 0 bridgehead atoms. The Kier molecular flexibility index (Phi) is 7.72. The van der Waals surface area contributed by atoms with Gasteiger partial charge in [0.05, 0.1) is 0 Å². The Morgan fingerprint density at radius 1 is 0.885 bits per heavy atom. The molecule has 1 aliphatic rings. The first-order chi connectivity index (χ1) is 11.9. The number of hydrogen-bond acceptors (Lipinski definition) is 2. The van der Waals surface area contributed by atoms with Gasteiger partial charge in [-0.25, -0.2) is 0 Å². The first kappa shape index (κ1) is 21.0. The number of benzene rings is 3. The third kappa shape index (κ3) is 3.99. The normalized spacial score (nSPS) is 16.0. The molecule has 1 atom stereocenters. The third-order valence-electron chi connectivity index (χ3n) is 5.30. The van der Waals surface area contributed by atoms with Crippen LogP contribution in [0.2, 0.25) is 0 Å². The first-order valence-corrected chi connectivity index (χ1v) is 9.23. The van der Waals surface area contributed by atoms with E-state index in [9.17, 15) is 0 Å². The fourth-order valence-corrected chi connectivity index (χ4v) is 4.18. The zero-order valence-electron chi connectivity index (χ0n) is 15.3. The highest BCUT2D eigenvalue weighted by Crippen LogP contribution is 2.37. The summed E-state index contributed by atoms with van der Waals surface area (Å²) in [5, 5.41) is 9.07. The summed E-state index contributed by atoms with van der Waals surface area (Å²) in [4.78, 5) is 2.69. The predicted molar refractivity (Wildman–Crippen MR) is 118 cm³/mol. The molecule has 140 valence electrons. The van der Waals surface area contributed by atoms with Crippen LogP contribution in [-0.4, -0.2) is 31.1 Å². The van der Waals surface area contributed by atoms with E-state index in [0.717, 1.165) is 26.2 Å². The Balaban J connectivity index is 0.00000121. The number of halogens is 2. The molecule has 3 aromatic carbocycles. The van der Waals surface area contributed by atoms with Crippen LogP contribution in [0.5, 0.6) is 0 Å². The van der Waals surface area contributed by atoms with E-state index in [4.69, 9.17) is 0 Å². The Labute approximate surface area is 168 Å². The number of nitrogens with zero attached hydrogens (tertiary/aromatic N) is 1. The number of rotatable bonds is 4. The van der Waals surface area contributed by atoms with Gasteiger partial charge in [-0.2, -0.15) is 0 Å². The molecular formula is C22H28Cl2N2. The van der Waals surface area contributed by atoms with E-state index < -0.39 is 0 Å². The lowest BCUT2D eigenvalue weighted by Crippen LogP contribution is -2.45. The van der Waals surface area contributed by atoms with Crippen molar-refractivity contribution in [3.8, 4) is 0 Å². The largest absolute Gasteiger partial charge is 0.314 e. The van der Waals surface area contributed by atoms with Crippen LogP contribution in [0, 0.1) is 0 Å². The molecule has 0 unspecified atom stereocenters. The number of fused-ring (bicyclic) bond motifs is 2. The van der Waals surface area contributed by atoms with Crippen LogP contribution in [0.4, 0.5) is 0 Å². The van der Waals surface area contributed by atoms with Crippen molar-refractivity contribution < 1.29 is 0 Å². The van der Waals surface area contributed by atoms with Crippen molar-refractivity contribution in [3.63, 3.8) is 0 Å². The van der Waals surface area contributed by atoms with Gasteiger partial charge >= 0.3 is 0 Å². The van der Waals surface area contributed by atoms with Crippen LogP contribution in [0.3, 0.4) is 0 Å². The molecule has 0 aliphatic carbocycles. The molecular weight excluding hydrogens is 363 g/mol. The average molecular weight is 391 g/mol. The van der Waals surface area contributed by atoms with Gasteiger partial charge in [0, 0.05) is 32.2 Å². The minimum atomic E-state index is 0. The third-order valence-corrected chi connectivity index (χ3v) is 5.30. The second kappa shape index (κ2) is 9.57. The fraction of sp³-hybridized carbons (Fsp3) is 0.364. The molecule has 4 rings (SSSR count). The second-order valence-electron chi connectivity index (χ2n) is 6.82. The van der Waals surface area contributed by atoms with Gasteiger partial charge in [0.15, 0.2) is 0 Å². The molecule has 0 spiro atoms. The molecule has 0 radical (unpaired) electrons. The minimum Gasteiger partial charge on any atom is -0.314 e. The lowest BCUT2D eigenvalue weighted by Gasteiger charge is -2.36. The van der Waals surface area contributed by atoms with Gasteiger partial charge in [-0.1, -0.05) is 61.9 Å². The van der Waals surface area contributed by atoms with Crippen LogP contribution in [-0.2, 0) is 0 Å². The lowest BCUT2D eigenvalue weighted by atomic mass is 9.89. The molecule has 1 fully saturated rings.